The fourth-order valence-corrected chi connectivity index (χ4v) is 2.83. The Balaban J connectivity index is 0.000000774. The molecule has 1 N–H and O–H groups in total. The van der Waals surface area contributed by atoms with Crippen LogP contribution in [0.2, 0.25) is 5.02 Å². The SMILES string of the molecule is CC.Cc1cc(N2CCNCC2)c2ccc(Cl)c(C)c2n1. The summed E-state index contributed by atoms with van der Waals surface area (Å²) in [4.78, 5) is 7.10. The zero-order valence-electron chi connectivity index (χ0n) is 13.3. The summed E-state index contributed by atoms with van der Waals surface area (Å²) in [7, 11) is 0. The van der Waals surface area contributed by atoms with Gasteiger partial charge in [-0.05, 0) is 37.6 Å². The lowest BCUT2D eigenvalue weighted by molar-refractivity contribution is 0.590. The number of fused-ring (bicyclic) bond motifs is 1. The number of hydrogen-bond donors (Lipinski definition) is 1. The van der Waals surface area contributed by atoms with E-state index in [4.69, 9.17) is 11.6 Å². The average molecular weight is 306 g/mol. The van der Waals surface area contributed by atoms with E-state index in [1.54, 1.807) is 0 Å². The van der Waals surface area contributed by atoms with Crippen molar-refractivity contribution in [3.63, 3.8) is 0 Å². The molecule has 1 aliphatic rings. The minimum atomic E-state index is 0.789. The van der Waals surface area contributed by atoms with Crippen molar-refractivity contribution >= 4 is 28.2 Å². The Hall–Kier alpha value is -1.32. The number of nitrogens with zero attached hydrogens (tertiary/aromatic N) is 2. The molecule has 0 aliphatic carbocycles. The second-order valence-electron chi connectivity index (χ2n) is 5.09. The quantitative estimate of drug-likeness (QED) is 0.865. The molecule has 0 unspecified atom stereocenters. The van der Waals surface area contributed by atoms with Crippen LogP contribution in [0, 0.1) is 13.8 Å². The Labute approximate surface area is 132 Å². The van der Waals surface area contributed by atoms with Crippen LogP contribution in [0.4, 0.5) is 5.69 Å². The molecule has 3 rings (SSSR count). The molecule has 0 bridgehead atoms. The van der Waals surface area contributed by atoms with Crippen LogP contribution in [0.15, 0.2) is 18.2 Å². The molecule has 0 radical (unpaired) electrons. The van der Waals surface area contributed by atoms with E-state index in [2.05, 4.69) is 27.3 Å². The maximum atomic E-state index is 6.21. The molecule has 2 heterocycles. The third-order valence-corrected chi connectivity index (χ3v) is 4.14. The number of hydrogen-bond acceptors (Lipinski definition) is 3. The van der Waals surface area contributed by atoms with Gasteiger partial charge in [-0.2, -0.15) is 0 Å². The van der Waals surface area contributed by atoms with Crippen LogP contribution < -0.4 is 10.2 Å². The van der Waals surface area contributed by atoms with E-state index in [0.29, 0.717) is 0 Å². The maximum absolute atomic E-state index is 6.21. The summed E-state index contributed by atoms with van der Waals surface area (Å²) < 4.78 is 0. The molecule has 1 saturated heterocycles. The number of piperazine rings is 1. The molecule has 2 aromatic rings. The molecule has 1 aromatic heterocycles. The molecule has 0 atom stereocenters. The second-order valence-corrected chi connectivity index (χ2v) is 5.50. The van der Waals surface area contributed by atoms with E-state index in [0.717, 1.165) is 48.0 Å². The van der Waals surface area contributed by atoms with Gasteiger partial charge in [-0.3, -0.25) is 4.98 Å². The van der Waals surface area contributed by atoms with E-state index in [9.17, 15) is 0 Å². The number of aryl methyl sites for hydroxylation is 2. The number of anilines is 1. The van der Waals surface area contributed by atoms with Gasteiger partial charge in [-0.25, -0.2) is 0 Å². The van der Waals surface area contributed by atoms with Gasteiger partial charge < -0.3 is 10.2 Å². The molecule has 1 aromatic carbocycles. The lowest BCUT2D eigenvalue weighted by Crippen LogP contribution is -2.43. The fourth-order valence-electron chi connectivity index (χ4n) is 2.68. The molecule has 1 aliphatic heterocycles. The Morgan fingerprint density at radius 3 is 2.48 bits per heavy atom. The van der Waals surface area contributed by atoms with Crippen molar-refractivity contribution in [1.29, 1.82) is 0 Å². The van der Waals surface area contributed by atoms with Crippen molar-refractivity contribution < 1.29 is 0 Å². The van der Waals surface area contributed by atoms with Gasteiger partial charge in [0.05, 0.1) is 5.52 Å². The van der Waals surface area contributed by atoms with Gasteiger partial charge in [0.2, 0.25) is 0 Å². The van der Waals surface area contributed by atoms with Crippen molar-refractivity contribution in [2.45, 2.75) is 27.7 Å². The second kappa shape index (κ2) is 7.10. The van der Waals surface area contributed by atoms with E-state index in [-0.39, 0.29) is 0 Å². The molecule has 0 saturated carbocycles. The zero-order valence-corrected chi connectivity index (χ0v) is 14.1. The molecule has 3 nitrogen and oxygen atoms in total. The normalized spacial score (nSPS) is 14.8. The highest BCUT2D eigenvalue weighted by Crippen LogP contribution is 2.31. The third kappa shape index (κ3) is 3.30. The van der Waals surface area contributed by atoms with Gasteiger partial charge in [0.15, 0.2) is 0 Å². The number of halogens is 1. The number of benzene rings is 1. The first-order chi connectivity index (χ1) is 10.2. The van der Waals surface area contributed by atoms with Crippen molar-refractivity contribution in [1.82, 2.24) is 10.3 Å². The predicted molar refractivity (Wildman–Crippen MR) is 92.7 cm³/mol. The van der Waals surface area contributed by atoms with Crippen LogP contribution in [-0.2, 0) is 0 Å². The van der Waals surface area contributed by atoms with Crippen LogP contribution >= 0.6 is 11.6 Å². The molecule has 0 amide bonds. The van der Waals surface area contributed by atoms with Crippen LogP contribution in [0.1, 0.15) is 25.1 Å². The third-order valence-electron chi connectivity index (χ3n) is 3.73. The fraction of sp³-hybridized carbons (Fsp3) is 0.471. The molecular weight excluding hydrogens is 282 g/mol. The van der Waals surface area contributed by atoms with Gasteiger partial charge in [-0.1, -0.05) is 25.4 Å². The van der Waals surface area contributed by atoms with Crippen molar-refractivity contribution in [3.8, 4) is 0 Å². The predicted octanol–water partition coefficient (Wildman–Crippen LogP) is 3.94. The van der Waals surface area contributed by atoms with Crippen LogP contribution in [0.3, 0.4) is 0 Å². The highest BCUT2D eigenvalue weighted by molar-refractivity contribution is 6.32. The van der Waals surface area contributed by atoms with E-state index in [1.807, 2.05) is 33.8 Å². The first-order valence-corrected chi connectivity index (χ1v) is 8.07. The summed E-state index contributed by atoms with van der Waals surface area (Å²) in [5, 5.41) is 5.38. The molecule has 1 fully saturated rings. The van der Waals surface area contributed by atoms with Gasteiger partial charge in [-0.15, -0.1) is 0 Å². The van der Waals surface area contributed by atoms with Crippen molar-refractivity contribution in [3.05, 3.63) is 34.5 Å². The van der Waals surface area contributed by atoms with E-state index in [1.165, 1.54) is 11.1 Å². The summed E-state index contributed by atoms with van der Waals surface area (Å²) in [6, 6.07) is 6.25. The van der Waals surface area contributed by atoms with Crippen LogP contribution in [0.5, 0.6) is 0 Å². The summed E-state index contributed by atoms with van der Waals surface area (Å²) in [5.74, 6) is 0. The number of rotatable bonds is 1. The Bertz CT molecular complexity index is 619. The lowest BCUT2D eigenvalue weighted by Gasteiger charge is -2.30. The zero-order chi connectivity index (χ0) is 15.4. The number of pyridine rings is 1. The molecule has 4 heteroatoms. The average Bonchev–Trinajstić information content (AvgIpc) is 2.53. The Kier molecular flexibility index (Phi) is 5.43. The molecule has 21 heavy (non-hydrogen) atoms. The van der Waals surface area contributed by atoms with Crippen LogP contribution in [-0.4, -0.2) is 31.2 Å². The smallest absolute Gasteiger partial charge is 0.0769 e. The summed E-state index contributed by atoms with van der Waals surface area (Å²) in [6.07, 6.45) is 0. The lowest BCUT2D eigenvalue weighted by atomic mass is 10.1. The minimum absolute atomic E-state index is 0.789. The Morgan fingerprint density at radius 2 is 1.81 bits per heavy atom. The first kappa shape index (κ1) is 16.1. The molecular formula is C17H24ClN3. The monoisotopic (exact) mass is 305 g/mol. The topological polar surface area (TPSA) is 28.2 Å². The van der Waals surface area contributed by atoms with Gasteiger partial charge in [0.25, 0.3) is 0 Å². The van der Waals surface area contributed by atoms with Gasteiger partial charge in [0.1, 0.15) is 0 Å². The van der Waals surface area contributed by atoms with Crippen molar-refractivity contribution in [2.75, 3.05) is 31.1 Å². The van der Waals surface area contributed by atoms with Crippen molar-refractivity contribution in [2.24, 2.45) is 0 Å². The van der Waals surface area contributed by atoms with E-state index < -0.39 is 0 Å². The summed E-state index contributed by atoms with van der Waals surface area (Å²) in [5.41, 5.74) is 4.43. The summed E-state index contributed by atoms with van der Waals surface area (Å²) >= 11 is 6.21. The van der Waals surface area contributed by atoms with E-state index >= 15 is 0 Å². The number of nitrogens with one attached hydrogen (secondary N) is 1. The van der Waals surface area contributed by atoms with Gasteiger partial charge >= 0.3 is 0 Å². The van der Waals surface area contributed by atoms with Crippen LogP contribution in [0.25, 0.3) is 10.9 Å². The van der Waals surface area contributed by atoms with Gasteiger partial charge in [0, 0.05) is 48.0 Å². The first-order valence-electron chi connectivity index (χ1n) is 7.69. The maximum Gasteiger partial charge on any atom is 0.0769 e. The largest absolute Gasteiger partial charge is 0.368 e. The Morgan fingerprint density at radius 1 is 1.14 bits per heavy atom. The minimum Gasteiger partial charge on any atom is -0.368 e. The highest BCUT2D eigenvalue weighted by atomic mass is 35.5. The molecule has 114 valence electrons. The standard InChI is InChI=1S/C15H18ClN3.C2H6/c1-10-9-14(19-7-5-17-6-8-19)12-3-4-13(16)11(2)15(12)18-10;1-2/h3-4,9,17H,5-8H2,1-2H3;1-2H3. The highest BCUT2D eigenvalue weighted by Gasteiger charge is 2.15. The summed E-state index contributed by atoms with van der Waals surface area (Å²) in [6.45, 7) is 12.2. The molecule has 0 spiro atoms. The number of aromatic nitrogens is 1.